The van der Waals surface area contributed by atoms with Crippen LogP contribution in [-0.2, 0) is 6.42 Å². The van der Waals surface area contributed by atoms with Gasteiger partial charge in [0, 0.05) is 6.54 Å². The van der Waals surface area contributed by atoms with E-state index < -0.39 is 0 Å². The van der Waals surface area contributed by atoms with E-state index in [9.17, 15) is 0 Å². The molecule has 0 amide bonds. The molecule has 0 N–H and O–H groups in total. The molecule has 1 aliphatic heterocycles. The molecule has 2 nitrogen and oxygen atoms in total. The SMILES string of the molecule is CCN1CCC(Cc2cccc(Oc3ccccc3)c2)C1. The topological polar surface area (TPSA) is 12.5 Å². The molecule has 1 heterocycles. The van der Waals surface area contributed by atoms with Crippen molar-refractivity contribution in [2.45, 2.75) is 19.8 Å². The fourth-order valence-electron chi connectivity index (χ4n) is 3.06. The van der Waals surface area contributed by atoms with Crippen molar-refractivity contribution in [2.75, 3.05) is 19.6 Å². The van der Waals surface area contributed by atoms with E-state index in [1.807, 2.05) is 36.4 Å². The Balaban J connectivity index is 1.63. The first-order chi connectivity index (χ1) is 10.3. The number of hydrogen-bond acceptors (Lipinski definition) is 2. The largest absolute Gasteiger partial charge is 0.457 e. The maximum Gasteiger partial charge on any atom is 0.127 e. The van der Waals surface area contributed by atoms with Gasteiger partial charge in [0.25, 0.3) is 0 Å². The van der Waals surface area contributed by atoms with Crippen LogP contribution in [-0.4, -0.2) is 24.5 Å². The van der Waals surface area contributed by atoms with Gasteiger partial charge in [-0.15, -0.1) is 0 Å². The lowest BCUT2D eigenvalue weighted by Gasteiger charge is -2.13. The van der Waals surface area contributed by atoms with E-state index in [1.165, 1.54) is 31.6 Å². The van der Waals surface area contributed by atoms with Gasteiger partial charge in [-0.1, -0.05) is 37.3 Å². The summed E-state index contributed by atoms with van der Waals surface area (Å²) in [5, 5.41) is 0. The molecule has 110 valence electrons. The van der Waals surface area contributed by atoms with Gasteiger partial charge in [0.1, 0.15) is 11.5 Å². The van der Waals surface area contributed by atoms with Gasteiger partial charge >= 0.3 is 0 Å². The molecule has 1 aliphatic rings. The van der Waals surface area contributed by atoms with E-state index in [4.69, 9.17) is 4.74 Å². The number of ether oxygens (including phenoxy) is 1. The van der Waals surface area contributed by atoms with E-state index in [2.05, 4.69) is 30.0 Å². The zero-order valence-corrected chi connectivity index (χ0v) is 12.7. The molecular weight excluding hydrogens is 258 g/mol. The molecule has 1 atom stereocenters. The van der Waals surface area contributed by atoms with Crippen molar-refractivity contribution in [1.82, 2.24) is 4.90 Å². The summed E-state index contributed by atoms with van der Waals surface area (Å²) in [7, 11) is 0. The van der Waals surface area contributed by atoms with Crippen LogP contribution in [0.4, 0.5) is 0 Å². The minimum atomic E-state index is 0.789. The maximum atomic E-state index is 5.92. The van der Waals surface area contributed by atoms with Crippen molar-refractivity contribution in [2.24, 2.45) is 5.92 Å². The zero-order valence-electron chi connectivity index (χ0n) is 12.7. The molecule has 2 aromatic rings. The fraction of sp³-hybridized carbons (Fsp3) is 0.368. The average molecular weight is 281 g/mol. The number of nitrogens with zero attached hydrogens (tertiary/aromatic N) is 1. The second-order valence-electron chi connectivity index (χ2n) is 5.81. The summed E-state index contributed by atoms with van der Waals surface area (Å²) in [6.45, 7) is 5.91. The molecule has 2 aromatic carbocycles. The molecule has 1 fully saturated rings. The molecule has 0 spiro atoms. The van der Waals surface area contributed by atoms with Crippen LogP contribution in [0.25, 0.3) is 0 Å². The van der Waals surface area contributed by atoms with Crippen molar-refractivity contribution in [3.05, 3.63) is 60.2 Å². The van der Waals surface area contributed by atoms with Crippen LogP contribution < -0.4 is 4.74 Å². The van der Waals surface area contributed by atoms with Crippen molar-refractivity contribution < 1.29 is 4.74 Å². The highest BCUT2D eigenvalue weighted by Crippen LogP contribution is 2.25. The summed E-state index contributed by atoms with van der Waals surface area (Å²) in [6.07, 6.45) is 2.47. The smallest absolute Gasteiger partial charge is 0.127 e. The first-order valence-electron chi connectivity index (χ1n) is 7.87. The first kappa shape index (κ1) is 14.2. The van der Waals surface area contributed by atoms with Gasteiger partial charge in [-0.3, -0.25) is 0 Å². The Bertz CT molecular complexity index is 567. The second-order valence-corrected chi connectivity index (χ2v) is 5.81. The minimum Gasteiger partial charge on any atom is -0.457 e. The van der Waals surface area contributed by atoms with Crippen LogP contribution in [0.2, 0.25) is 0 Å². The van der Waals surface area contributed by atoms with E-state index in [0.717, 1.165) is 23.8 Å². The highest BCUT2D eigenvalue weighted by molar-refractivity contribution is 5.34. The van der Waals surface area contributed by atoms with Gasteiger partial charge in [0.15, 0.2) is 0 Å². The minimum absolute atomic E-state index is 0.789. The van der Waals surface area contributed by atoms with Gasteiger partial charge in [0.2, 0.25) is 0 Å². The third-order valence-electron chi connectivity index (χ3n) is 4.22. The first-order valence-corrected chi connectivity index (χ1v) is 7.87. The molecule has 0 radical (unpaired) electrons. The molecule has 1 unspecified atom stereocenters. The third-order valence-corrected chi connectivity index (χ3v) is 4.22. The summed E-state index contributed by atoms with van der Waals surface area (Å²) in [5.74, 6) is 2.62. The van der Waals surface area contributed by atoms with Crippen molar-refractivity contribution in [3.8, 4) is 11.5 Å². The lowest BCUT2D eigenvalue weighted by Crippen LogP contribution is -2.20. The van der Waals surface area contributed by atoms with Crippen molar-refractivity contribution in [3.63, 3.8) is 0 Å². The molecule has 0 aliphatic carbocycles. The van der Waals surface area contributed by atoms with E-state index in [0.29, 0.717) is 0 Å². The Morgan fingerprint density at radius 2 is 1.86 bits per heavy atom. The maximum absolute atomic E-state index is 5.92. The molecule has 3 rings (SSSR count). The second kappa shape index (κ2) is 6.77. The predicted molar refractivity (Wildman–Crippen MR) is 86.9 cm³/mol. The van der Waals surface area contributed by atoms with Crippen LogP contribution in [0.5, 0.6) is 11.5 Å². The summed E-state index contributed by atoms with van der Waals surface area (Å²) in [5.41, 5.74) is 1.38. The molecule has 0 saturated carbocycles. The van der Waals surface area contributed by atoms with Gasteiger partial charge < -0.3 is 9.64 Å². The van der Waals surface area contributed by atoms with Gasteiger partial charge in [0.05, 0.1) is 0 Å². The normalized spacial score (nSPS) is 18.8. The third kappa shape index (κ3) is 3.85. The molecule has 0 aromatic heterocycles. The summed E-state index contributed by atoms with van der Waals surface area (Å²) in [4.78, 5) is 2.54. The van der Waals surface area contributed by atoms with Crippen LogP contribution in [0.3, 0.4) is 0 Å². The number of para-hydroxylation sites is 1. The Kier molecular flexibility index (Phi) is 4.56. The Morgan fingerprint density at radius 3 is 2.62 bits per heavy atom. The van der Waals surface area contributed by atoms with E-state index in [1.54, 1.807) is 0 Å². The molecule has 2 heteroatoms. The summed E-state index contributed by atoms with van der Waals surface area (Å²) >= 11 is 0. The van der Waals surface area contributed by atoms with Crippen molar-refractivity contribution in [1.29, 1.82) is 0 Å². The van der Waals surface area contributed by atoms with Gasteiger partial charge in [-0.2, -0.15) is 0 Å². The quantitative estimate of drug-likeness (QED) is 0.807. The molecular formula is C19H23NO. The predicted octanol–water partition coefficient (Wildman–Crippen LogP) is 4.36. The standard InChI is InChI=1S/C19H23NO/c1-2-20-12-11-17(15-20)13-16-7-6-10-19(14-16)21-18-8-4-3-5-9-18/h3-10,14,17H,2,11-13,15H2,1H3. The monoisotopic (exact) mass is 281 g/mol. The van der Waals surface area contributed by atoms with Gasteiger partial charge in [-0.05, 0) is 61.7 Å². The highest BCUT2D eigenvalue weighted by Gasteiger charge is 2.21. The Morgan fingerprint density at radius 1 is 1.05 bits per heavy atom. The lowest BCUT2D eigenvalue weighted by atomic mass is 9.98. The van der Waals surface area contributed by atoms with Gasteiger partial charge in [-0.25, -0.2) is 0 Å². The number of hydrogen-bond donors (Lipinski definition) is 0. The van der Waals surface area contributed by atoms with Crippen LogP contribution in [0.1, 0.15) is 18.9 Å². The van der Waals surface area contributed by atoms with E-state index in [-0.39, 0.29) is 0 Å². The van der Waals surface area contributed by atoms with Crippen LogP contribution >= 0.6 is 0 Å². The Labute approximate surface area is 127 Å². The Hall–Kier alpha value is -1.80. The zero-order chi connectivity index (χ0) is 14.5. The average Bonchev–Trinajstić information content (AvgIpc) is 2.96. The summed E-state index contributed by atoms with van der Waals surface area (Å²) < 4.78 is 5.92. The molecule has 1 saturated heterocycles. The summed E-state index contributed by atoms with van der Waals surface area (Å²) in [6, 6.07) is 18.5. The lowest BCUT2D eigenvalue weighted by molar-refractivity contribution is 0.342. The van der Waals surface area contributed by atoms with Crippen LogP contribution in [0, 0.1) is 5.92 Å². The highest BCUT2D eigenvalue weighted by atomic mass is 16.5. The number of likely N-dealkylation sites (tertiary alicyclic amines) is 1. The number of benzene rings is 2. The molecule has 0 bridgehead atoms. The fourth-order valence-corrected chi connectivity index (χ4v) is 3.06. The van der Waals surface area contributed by atoms with Crippen LogP contribution in [0.15, 0.2) is 54.6 Å². The van der Waals surface area contributed by atoms with Crippen molar-refractivity contribution >= 4 is 0 Å². The number of rotatable bonds is 5. The molecule has 21 heavy (non-hydrogen) atoms. The van der Waals surface area contributed by atoms with E-state index >= 15 is 0 Å².